The third kappa shape index (κ3) is 3.86. The molecule has 120 valence electrons. The fourth-order valence-corrected chi connectivity index (χ4v) is 3.01. The van der Waals surface area contributed by atoms with Crippen LogP contribution in [-0.4, -0.2) is 17.1 Å². The van der Waals surface area contributed by atoms with Gasteiger partial charge in [-0.05, 0) is 26.0 Å². The van der Waals surface area contributed by atoms with Crippen LogP contribution in [-0.2, 0) is 0 Å². The number of hydrogen-bond donors (Lipinski definition) is 3. The van der Waals surface area contributed by atoms with Crippen LogP contribution < -0.4 is 5.73 Å². The SMILES string of the molecule is CC(C)(N)C(C(=O)c1ccccc1S)C(=O)c1ccccc1S. The molecule has 0 aliphatic carbocycles. The molecule has 2 aromatic rings. The lowest BCUT2D eigenvalue weighted by Gasteiger charge is -2.29. The Labute approximate surface area is 147 Å². The molecule has 23 heavy (non-hydrogen) atoms. The number of hydrogen-bond acceptors (Lipinski definition) is 5. The van der Waals surface area contributed by atoms with Gasteiger partial charge < -0.3 is 5.73 Å². The van der Waals surface area contributed by atoms with Crippen molar-refractivity contribution in [1.29, 1.82) is 0 Å². The number of benzene rings is 2. The maximum absolute atomic E-state index is 13.0. The van der Waals surface area contributed by atoms with Crippen LogP contribution in [0, 0.1) is 5.92 Å². The Morgan fingerprint density at radius 3 is 1.52 bits per heavy atom. The zero-order chi connectivity index (χ0) is 17.2. The summed E-state index contributed by atoms with van der Waals surface area (Å²) in [6.07, 6.45) is 0. The molecule has 0 atom stereocenters. The van der Waals surface area contributed by atoms with E-state index in [1.807, 2.05) is 0 Å². The molecule has 0 aromatic heterocycles. The number of nitrogens with two attached hydrogens (primary N) is 1. The molecule has 0 unspecified atom stereocenters. The van der Waals surface area contributed by atoms with Gasteiger partial charge >= 0.3 is 0 Å². The Morgan fingerprint density at radius 1 is 0.870 bits per heavy atom. The standard InChI is InChI=1S/C18H19NO2S2/c1-18(2,19)15(16(20)11-7-3-5-9-13(11)22)17(21)12-8-4-6-10-14(12)23/h3-10,15,22-23H,19H2,1-2H3. The summed E-state index contributed by atoms with van der Waals surface area (Å²) in [5.41, 5.74) is 5.94. The van der Waals surface area contributed by atoms with Crippen molar-refractivity contribution in [3.05, 3.63) is 59.7 Å². The average Bonchev–Trinajstić information content (AvgIpc) is 2.46. The van der Waals surface area contributed by atoms with Gasteiger partial charge in [0.05, 0.1) is 0 Å². The first-order valence-electron chi connectivity index (χ1n) is 7.16. The fourth-order valence-electron chi connectivity index (χ4n) is 2.47. The summed E-state index contributed by atoms with van der Waals surface area (Å²) in [6.45, 7) is 3.35. The molecule has 0 heterocycles. The minimum Gasteiger partial charge on any atom is -0.325 e. The number of carbonyl (C=O) groups excluding carboxylic acids is 2. The maximum atomic E-state index is 13.0. The molecule has 0 aliphatic rings. The molecule has 0 amide bonds. The van der Waals surface area contributed by atoms with Crippen molar-refractivity contribution in [3.63, 3.8) is 0 Å². The Hall–Kier alpha value is -1.56. The second-order valence-electron chi connectivity index (χ2n) is 6.02. The molecule has 2 aromatic carbocycles. The normalized spacial score (nSPS) is 11.6. The quantitative estimate of drug-likeness (QED) is 0.440. The largest absolute Gasteiger partial charge is 0.325 e. The molecule has 0 saturated heterocycles. The van der Waals surface area contributed by atoms with Crippen molar-refractivity contribution >= 4 is 36.8 Å². The minimum absolute atomic E-state index is 0.329. The van der Waals surface area contributed by atoms with Crippen LogP contribution in [0.3, 0.4) is 0 Å². The topological polar surface area (TPSA) is 60.2 Å². The molecule has 2 N–H and O–H groups in total. The van der Waals surface area contributed by atoms with E-state index < -0.39 is 11.5 Å². The summed E-state index contributed by atoms with van der Waals surface area (Å²) in [6, 6.07) is 13.8. The summed E-state index contributed by atoms with van der Waals surface area (Å²) >= 11 is 8.63. The van der Waals surface area contributed by atoms with E-state index in [0.717, 1.165) is 0 Å². The number of carbonyl (C=O) groups is 2. The third-order valence-electron chi connectivity index (χ3n) is 3.61. The molecule has 3 nitrogen and oxygen atoms in total. The van der Waals surface area contributed by atoms with Crippen molar-refractivity contribution in [3.8, 4) is 0 Å². The van der Waals surface area contributed by atoms with Crippen LogP contribution >= 0.6 is 25.3 Å². The number of ketones is 2. The summed E-state index contributed by atoms with van der Waals surface area (Å²) in [5, 5.41) is 0. The molecule has 0 spiro atoms. The highest BCUT2D eigenvalue weighted by atomic mass is 32.1. The zero-order valence-corrected chi connectivity index (χ0v) is 14.8. The van der Waals surface area contributed by atoms with Gasteiger partial charge in [-0.1, -0.05) is 36.4 Å². The van der Waals surface area contributed by atoms with E-state index in [-0.39, 0.29) is 11.6 Å². The van der Waals surface area contributed by atoms with Crippen molar-refractivity contribution in [1.82, 2.24) is 0 Å². The molecule has 0 saturated carbocycles. The summed E-state index contributed by atoms with van der Waals surface area (Å²) in [7, 11) is 0. The van der Waals surface area contributed by atoms with Gasteiger partial charge in [0.1, 0.15) is 5.92 Å². The van der Waals surface area contributed by atoms with Gasteiger partial charge in [-0.3, -0.25) is 9.59 Å². The second kappa shape index (κ2) is 6.91. The molecule has 0 aliphatic heterocycles. The maximum Gasteiger partial charge on any atom is 0.176 e. The molecule has 0 radical (unpaired) electrons. The van der Waals surface area contributed by atoms with Gasteiger partial charge in [0.2, 0.25) is 0 Å². The molecular formula is C18H19NO2S2. The summed E-state index contributed by atoms with van der Waals surface area (Å²) in [5.74, 6) is -1.67. The van der Waals surface area contributed by atoms with Crippen LogP contribution in [0.5, 0.6) is 0 Å². The van der Waals surface area contributed by atoms with Crippen LogP contribution in [0.2, 0.25) is 0 Å². The zero-order valence-electron chi connectivity index (χ0n) is 13.0. The summed E-state index contributed by atoms with van der Waals surface area (Å²) < 4.78 is 0. The predicted octanol–water partition coefficient (Wildman–Crippen LogP) is 3.68. The summed E-state index contributed by atoms with van der Waals surface area (Å²) in [4.78, 5) is 27.0. The molecule has 0 bridgehead atoms. The first-order chi connectivity index (χ1) is 10.7. The second-order valence-corrected chi connectivity index (χ2v) is 6.98. The number of Topliss-reactive ketones (excluding diaryl/α,β-unsaturated/α-hetero) is 2. The molecule has 2 rings (SSSR count). The Morgan fingerprint density at radius 2 is 1.22 bits per heavy atom. The van der Waals surface area contributed by atoms with Crippen LogP contribution in [0.1, 0.15) is 34.6 Å². The van der Waals surface area contributed by atoms with Crippen molar-refractivity contribution in [2.45, 2.75) is 29.2 Å². The molecule has 5 heteroatoms. The van der Waals surface area contributed by atoms with Gasteiger partial charge in [-0.25, -0.2) is 0 Å². The minimum atomic E-state index is -1.01. The van der Waals surface area contributed by atoms with Gasteiger partial charge in [0.15, 0.2) is 11.6 Å². The Bertz CT molecular complexity index is 693. The van der Waals surface area contributed by atoms with Crippen molar-refractivity contribution in [2.75, 3.05) is 0 Å². The van der Waals surface area contributed by atoms with E-state index in [2.05, 4.69) is 25.3 Å². The van der Waals surface area contributed by atoms with Gasteiger partial charge in [-0.2, -0.15) is 0 Å². The lowest BCUT2D eigenvalue weighted by Crippen LogP contribution is -2.49. The van der Waals surface area contributed by atoms with Crippen LogP contribution in [0.25, 0.3) is 0 Å². The lowest BCUT2D eigenvalue weighted by molar-refractivity contribution is 0.0744. The number of thiol groups is 2. The Balaban J connectivity index is 2.51. The monoisotopic (exact) mass is 345 g/mol. The average molecular weight is 345 g/mol. The first kappa shape index (κ1) is 17.8. The van der Waals surface area contributed by atoms with Crippen LogP contribution in [0.15, 0.2) is 58.3 Å². The smallest absolute Gasteiger partial charge is 0.176 e. The van der Waals surface area contributed by atoms with E-state index in [0.29, 0.717) is 20.9 Å². The van der Waals surface area contributed by atoms with Gasteiger partial charge in [0, 0.05) is 26.5 Å². The van der Waals surface area contributed by atoms with E-state index in [1.54, 1.807) is 62.4 Å². The van der Waals surface area contributed by atoms with E-state index in [1.165, 1.54) is 0 Å². The molecule has 0 fully saturated rings. The highest BCUT2D eigenvalue weighted by molar-refractivity contribution is 7.80. The van der Waals surface area contributed by atoms with E-state index in [4.69, 9.17) is 5.73 Å². The first-order valence-corrected chi connectivity index (χ1v) is 8.06. The Kier molecular flexibility index (Phi) is 5.34. The van der Waals surface area contributed by atoms with Crippen LogP contribution in [0.4, 0.5) is 0 Å². The fraction of sp³-hybridized carbons (Fsp3) is 0.222. The van der Waals surface area contributed by atoms with Crippen molar-refractivity contribution < 1.29 is 9.59 Å². The van der Waals surface area contributed by atoms with Crippen molar-refractivity contribution in [2.24, 2.45) is 11.7 Å². The van der Waals surface area contributed by atoms with E-state index in [9.17, 15) is 9.59 Å². The third-order valence-corrected chi connectivity index (χ3v) is 4.39. The van der Waals surface area contributed by atoms with Gasteiger partial charge in [-0.15, -0.1) is 25.3 Å². The lowest BCUT2D eigenvalue weighted by atomic mass is 9.77. The van der Waals surface area contributed by atoms with Gasteiger partial charge in [0.25, 0.3) is 0 Å². The number of rotatable bonds is 5. The van der Waals surface area contributed by atoms with E-state index >= 15 is 0 Å². The highest BCUT2D eigenvalue weighted by Crippen LogP contribution is 2.28. The molecular weight excluding hydrogens is 326 g/mol. The predicted molar refractivity (Wildman–Crippen MR) is 97.8 cm³/mol. The highest BCUT2D eigenvalue weighted by Gasteiger charge is 2.39.